The number of nitrogens with zero attached hydrogens (tertiary/aromatic N) is 1. The number of ether oxygens (including phenoxy) is 1. The van der Waals surface area contributed by atoms with E-state index in [0.717, 1.165) is 4.90 Å². The van der Waals surface area contributed by atoms with Crippen LogP contribution in [0.4, 0.5) is 10.1 Å². The standard InChI is InChI=1S/C19H19FN2O5/c1-11(22-17(24)14-4-2-3-5-15(14)18(22)25)19(26)27-10-16(23)21-13-8-6-12(20)7-9-13/h2-3,6-9,11,14-15H,4-5,10H2,1H3,(H,21,23)/t11-,14-,15+/m0/s1. The van der Waals surface area contributed by atoms with Gasteiger partial charge in [0.1, 0.15) is 11.9 Å². The molecule has 27 heavy (non-hydrogen) atoms. The molecule has 1 aromatic rings. The van der Waals surface area contributed by atoms with Crippen LogP contribution in [0.5, 0.6) is 0 Å². The minimum atomic E-state index is -1.10. The maximum absolute atomic E-state index is 12.8. The molecule has 1 aliphatic carbocycles. The topological polar surface area (TPSA) is 92.8 Å². The highest BCUT2D eigenvalue weighted by molar-refractivity contribution is 6.08. The Kier molecular flexibility index (Phi) is 5.34. The molecule has 0 unspecified atom stereocenters. The Morgan fingerprint density at radius 3 is 2.26 bits per heavy atom. The molecule has 0 spiro atoms. The predicted octanol–water partition coefficient (Wildman–Crippen LogP) is 1.65. The Hall–Kier alpha value is -3.03. The maximum Gasteiger partial charge on any atom is 0.329 e. The average Bonchev–Trinajstić information content (AvgIpc) is 2.92. The molecule has 0 bridgehead atoms. The second-order valence-corrected chi connectivity index (χ2v) is 6.54. The Labute approximate surface area is 155 Å². The number of nitrogens with one attached hydrogen (secondary N) is 1. The van der Waals surface area contributed by atoms with Crippen molar-refractivity contribution in [2.24, 2.45) is 11.8 Å². The van der Waals surface area contributed by atoms with E-state index in [0.29, 0.717) is 18.5 Å². The summed E-state index contributed by atoms with van der Waals surface area (Å²) in [6.07, 6.45) is 4.68. The minimum Gasteiger partial charge on any atom is -0.454 e. The molecule has 0 aromatic heterocycles. The number of fused-ring (bicyclic) bond motifs is 1. The van der Waals surface area contributed by atoms with Crippen molar-refractivity contribution in [3.05, 3.63) is 42.2 Å². The first-order valence-electron chi connectivity index (χ1n) is 8.62. The molecule has 142 valence electrons. The van der Waals surface area contributed by atoms with Crippen molar-refractivity contribution in [2.45, 2.75) is 25.8 Å². The van der Waals surface area contributed by atoms with Crippen LogP contribution < -0.4 is 5.32 Å². The van der Waals surface area contributed by atoms with Gasteiger partial charge in [-0.25, -0.2) is 9.18 Å². The second kappa shape index (κ2) is 7.69. The molecular weight excluding hydrogens is 355 g/mol. The van der Waals surface area contributed by atoms with E-state index in [-0.39, 0.29) is 11.8 Å². The van der Waals surface area contributed by atoms with Gasteiger partial charge in [0, 0.05) is 5.69 Å². The van der Waals surface area contributed by atoms with E-state index >= 15 is 0 Å². The molecule has 1 N–H and O–H groups in total. The third-order valence-electron chi connectivity index (χ3n) is 4.74. The van der Waals surface area contributed by atoms with Crippen molar-refractivity contribution in [3.8, 4) is 0 Å². The zero-order chi connectivity index (χ0) is 19.6. The average molecular weight is 374 g/mol. The Morgan fingerprint density at radius 2 is 1.70 bits per heavy atom. The lowest BCUT2D eigenvalue weighted by molar-refractivity contribution is -0.159. The van der Waals surface area contributed by atoms with Crippen LogP contribution in [0.15, 0.2) is 36.4 Å². The quantitative estimate of drug-likeness (QED) is 0.481. The fourth-order valence-corrected chi connectivity index (χ4v) is 3.30. The van der Waals surface area contributed by atoms with Gasteiger partial charge in [-0.2, -0.15) is 0 Å². The van der Waals surface area contributed by atoms with Gasteiger partial charge in [0.15, 0.2) is 6.61 Å². The van der Waals surface area contributed by atoms with Gasteiger partial charge in [-0.05, 0) is 44.0 Å². The summed E-state index contributed by atoms with van der Waals surface area (Å²) in [5, 5.41) is 2.45. The Bertz CT molecular complexity index is 779. The van der Waals surface area contributed by atoms with Crippen LogP contribution in [0.3, 0.4) is 0 Å². The molecule has 8 heteroatoms. The van der Waals surface area contributed by atoms with Crippen molar-refractivity contribution in [2.75, 3.05) is 11.9 Å². The molecule has 1 saturated heterocycles. The summed E-state index contributed by atoms with van der Waals surface area (Å²) in [4.78, 5) is 49.9. The molecule has 3 rings (SSSR count). The van der Waals surface area contributed by atoms with Crippen LogP contribution in [0.1, 0.15) is 19.8 Å². The third-order valence-corrected chi connectivity index (χ3v) is 4.74. The summed E-state index contributed by atoms with van der Waals surface area (Å²) < 4.78 is 17.8. The minimum absolute atomic E-state index is 0.354. The van der Waals surface area contributed by atoms with Crippen molar-refractivity contribution in [1.29, 1.82) is 0 Å². The van der Waals surface area contributed by atoms with E-state index in [4.69, 9.17) is 4.74 Å². The number of imide groups is 1. The summed E-state index contributed by atoms with van der Waals surface area (Å²) in [6.45, 7) is 0.825. The molecule has 3 atom stereocenters. The Balaban J connectivity index is 1.54. The zero-order valence-corrected chi connectivity index (χ0v) is 14.7. The number of carbonyl (C=O) groups is 4. The number of benzene rings is 1. The Morgan fingerprint density at radius 1 is 1.15 bits per heavy atom. The molecule has 1 aromatic carbocycles. The van der Waals surface area contributed by atoms with Crippen molar-refractivity contribution in [1.82, 2.24) is 4.90 Å². The highest BCUT2D eigenvalue weighted by Crippen LogP contribution is 2.36. The molecule has 2 aliphatic rings. The van der Waals surface area contributed by atoms with E-state index in [1.165, 1.54) is 31.2 Å². The smallest absolute Gasteiger partial charge is 0.329 e. The van der Waals surface area contributed by atoms with Gasteiger partial charge >= 0.3 is 5.97 Å². The summed E-state index contributed by atoms with van der Waals surface area (Å²) in [5.41, 5.74) is 0.354. The summed E-state index contributed by atoms with van der Waals surface area (Å²) in [7, 11) is 0. The number of amides is 3. The number of allylic oxidation sites excluding steroid dienone is 2. The van der Waals surface area contributed by atoms with Gasteiger partial charge in [-0.3, -0.25) is 19.3 Å². The van der Waals surface area contributed by atoms with E-state index in [1.807, 2.05) is 12.2 Å². The molecule has 1 aliphatic heterocycles. The number of rotatable bonds is 5. The zero-order valence-electron chi connectivity index (χ0n) is 14.7. The number of esters is 1. The van der Waals surface area contributed by atoms with Gasteiger partial charge in [0.25, 0.3) is 5.91 Å². The molecular formula is C19H19FN2O5. The molecule has 0 saturated carbocycles. The second-order valence-electron chi connectivity index (χ2n) is 6.54. The molecule has 0 radical (unpaired) electrons. The number of likely N-dealkylation sites (tertiary alicyclic amines) is 1. The van der Waals surface area contributed by atoms with E-state index < -0.39 is 42.2 Å². The first-order chi connectivity index (χ1) is 12.9. The number of carbonyl (C=O) groups excluding carboxylic acids is 4. The van der Waals surface area contributed by atoms with Crippen molar-refractivity contribution < 1.29 is 28.3 Å². The van der Waals surface area contributed by atoms with E-state index in [2.05, 4.69) is 5.32 Å². The lowest BCUT2D eigenvalue weighted by atomic mass is 9.85. The van der Waals surface area contributed by atoms with Crippen LogP contribution in [0.25, 0.3) is 0 Å². The van der Waals surface area contributed by atoms with Gasteiger partial charge in [-0.1, -0.05) is 12.2 Å². The highest BCUT2D eigenvalue weighted by Gasteiger charge is 2.50. The van der Waals surface area contributed by atoms with E-state index in [1.54, 1.807) is 0 Å². The number of hydrogen-bond acceptors (Lipinski definition) is 5. The summed E-state index contributed by atoms with van der Waals surface area (Å²) in [6, 6.07) is 4.00. The van der Waals surface area contributed by atoms with Crippen LogP contribution in [-0.4, -0.2) is 41.2 Å². The fourth-order valence-electron chi connectivity index (χ4n) is 3.30. The SMILES string of the molecule is C[C@@H](C(=O)OCC(=O)Nc1ccc(F)cc1)N1C(=O)[C@H]2CC=CC[C@H]2C1=O. The first-order valence-corrected chi connectivity index (χ1v) is 8.62. The molecule has 1 fully saturated rings. The highest BCUT2D eigenvalue weighted by atomic mass is 19.1. The normalized spacial score (nSPS) is 22.4. The monoisotopic (exact) mass is 374 g/mol. The number of halogens is 1. The summed E-state index contributed by atoms with van der Waals surface area (Å²) >= 11 is 0. The number of anilines is 1. The largest absolute Gasteiger partial charge is 0.454 e. The van der Waals surface area contributed by atoms with Gasteiger partial charge in [0.05, 0.1) is 11.8 Å². The van der Waals surface area contributed by atoms with Gasteiger partial charge in [0.2, 0.25) is 11.8 Å². The van der Waals surface area contributed by atoms with Crippen LogP contribution in [0, 0.1) is 17.7 Å². The van der Waals surface area contributed by atoms with Crippen LogP contribution in [0.2, 0.25) is 0 Å². The first kappa shape index (κ1) is 18.8. The van der Waals surface area contributed by atoms with Gasteiger partial charge < -0.3 is 10.1 Å². The maximum atomic E-state index is 12.8. The molecule has 1 heterocycles. The third kappa shape index (κ3) is 3.89. The number of hydrogen-bond donors (Lipinski definition) is 1. The fraction of sp³-hybridized carbons (Fsp3) is 0.368. The lowest BCUT2D eigenvalue weighted by Crippen LogP contribution is -2.45. The summed E-state index contributed by atoms with van der Waals surface area (Å²) in [5.74, 6) is -3.51. The van der Waals surface area contributed by atoms with Crippen molar-refractivity contribution in [3.63, 3.8) is 0 Å². The molecule has 3 amide bonds. The van der Waals surface area contributed by atoms with Crippen LogP contribution >= 0.6 is 0 Å². The van der Waals surface area contributed by atoms with Crippen LogP contribution in [-0.2, 0) is 23.9 Å². The van der Waals surface area contributed by atoms with Crippen molar-refractivity contribution >= 4 is 29.4 Å². The van der Waals surface area contributed by atoms with E-state index in [9.17, 15) is 23.6 Å². The lowest BCUT2D eigenvalue weighted by Gasteiger charge is -2.21. The predicted molar refractivity (Wildman–Crippen MR) is 92.7 cm³/mol. The van der Waals surface area contributed by atoms with Gasteiger partial charge in [-0.15, -0.1) is 0 Å². The molecule has 7 nitrogen and oxygen atoms in total.